The molecule has 0 radical (unpaired) electrons. The van der Waals surface area contributed by atoms with Gasteiger partial charge in [0.2, 0.25) is 0 Å². The van der Waals surface area contributed by atoms with Crippen LogP contribution < -0.4 is 9.47 Å². The second-order valence-corrected chi connectivity index (χ2v) is 4.66. The Hall–Kier alpha value is -2.44. The summed E-state index contributed by atoms with van der Waals surface area (Å²) in [5.74, 6) is -3.95. The number of carbonyl (C=O) groups excluding carboxylic acids is 2. The Morgan fingerprint density at radius 3 is 2.23 bits per heavy atom. The Kier molecular flexibility index (Phi) is 6.03. The van der Waals surface area contributed by atoms with Gasteiger partial charge in [-0.2, -0.15) is 0 Å². The molecule has 0 bridgehead atoms. The molecule has 0 amide bonds. The van der Waals surface area contributed by atoms with E-state index >= 15 is 0 Å². The maximum atomic E-state index is 12.5. The number of halogens is 2. The maximum absolute atomic E-state index is 12.5. The maximum Gasteiger partial charge on any atom is 0.344 e. The van der Waals surface area contributed by atoms with E-state index in [0.29, 0.717) is 12.7 Å². The quantitative estimate of drug-likeness (QED) is 0.440. The Morgan fingerprint density at radius 1 is 1.18 bits per heavy atom. The number of benzene rings is 1. The van der Waals surface area contributed by atoms with Gasteiger partial charge >= 0.3 is 11.9 Å². The first-order chi connectivity index (χ1) is 10.2. The Bertz CT molecular complexity index is 546. The minimum Gasteiger partial charge on any atom is -0.482 e. The molecule has 0 atom stereocenters. The summed E-state index contributed by atoms with van der Waals surface area (Å²) in [5, 5.41) is 0. The molecule has 0 aromatic heterocycles. The van der Waals surface area contributed by atoms with Gasteiger partial charge in [0, 0.05) is 12.5 Å². The molecule has 7 heteroatoms. The average Bonchev–Trinajstić information content (AvgIpc) is 2.43. The number of esters is 2. The number of rotatable bonds is 7. The lowest BCUT2D eigenvalue weighted by Gasteiger charge is -2.11. The monoisotopic (exact) mass is 314 g/mol. The van der Waals surface area contributed by atoms with Crippen LogP contribution in [0.1, 0.15) is 13.8 Å². The predicted octanol–water partition coefficient (Wildman–Crippen LogP) is 2.75. The van der Waals surface area contributed by atoms with Crippen LogP contribution >= 0.6 is 0 Å². The van der Waals surface area contributed by atoms with Crippen molar-refractivity contribution in [2.45, 2.75) is 19.8 Å². The van der Waals surface area contributed by atoms with Crippen molar-refractivity contribution in [3.05, 3.63) is 36.4 Å². The molecule has 0 fully saturated rings. The summed E-state index contributed by atoms with van der Waals surface area (Å²) >= 11 is 0. The molecule has 0 unspecified atom stereocenters. The van der Waals surface area contributed by atoms with Gasteiger partial charge in [0.25, 0.3) is 5.92 Å². The molecule has 120 valence electrons. The lowest BCUT2D eigenvalue weighted by molar-refractivity contribution is -0.155. The highest BCUT2D eigenvalue weighted by Gasteiger charge is 2.23. The van der Waals surface area contributed by atoms with E-state index < -0.39 is 31.1 Å². The SMILES string of the molecule is C=C(C)C(=O)Oc1ccc(OCC(=O)OCC(C)(F)F)cc1. The second kappa shape index (κ2) is 7.53. The number of carbonyl (C=O) groups is 2. The van der Waals surface area contributed by atoms with Crippen molar-refractivity contribution in [1.29, 1.82) is 0 Å². The molecule has 0 saturated carbocycles. The summed E-state index contributed by atoms with van der Waals surface area (Å²) in [6.07, 6.45) is 0. The van der Waals surface area contributed by atoms with Crippen LogP contribution in [0.4, 0.5) is 8.78 Å². The molecule has 5 nitrogen and oxygen atoms in total. The van der Waals surface area contributed by atoms with Gasteiger partial charge in [0.15, 0.2) is 13.2 Å². The molecule has 1 aromatic carbocycles. The lowest BCUT2D eigenvalue weighted by atomic mass is 10.3. The first-order valence-corrected chi connectivity index (χ1v) is 6.31. The Balaban J connectivity index is 2.43. The van der Waals surface area contributed by atoms with Crippen molar-refractivity contribution in [2.75, 3.05) is 13.2 Å². The zero-order valence-electron chi connectivity index (χ0n) is 12.2. The van der Waals surface area contributed by atoms with Crippen molar-refractivity contribution >= 4 is 11.9 Å². The molecule has 0 spiro atoms. The van der Waals surface area contributed by atoms with E-state index in [-0.39, 0.29) is 11.3 Å². The molecule has 0 N–H and O–H groups in total. The third kappa shape index (κ3) is 6.83. The van der Waals surface area contributed by atoms with E-state index in [2.05, 4.69) is 11.3 Å². The van der Waals surface area contributed by atoms with Gasteiger partial charge in [0.1, 0.15) is 11.5 Å². The van der Waals surface area contributed by atoms with Crippen molar-refractivity contribution in [1.82, 2.24) is 0 Å². The number of ether oxygens (including phenoxy) is 3. The van der Waals surface area contributed by atoms with Crippen LogP contribution in [0.2, 0.25) is 0 Å². The highest BCUT2D eigenvalue weighted by Crippen LogP contribution is 2.18. The average molecular weight is 314 g/mol. The van der Waals surface area contributed by atoms with Crippen LogP contribution in [0.25, 0.3) is 0 Å². The van der Waals surface area contributed by atoms with Gasteiger partial charge in [-0.05, 0) is 31.2 Å². The first-order valence-electron chi connectivity index (χ1n) is 6.31. The molecular weight excluding hydrogens is 298 g/mol. The highest BCUT2D eigenvalue weighted by molar-refractivity contribution is 5.88. The van der Waals surface area contributed by atoms with Gasteiger partial charge in [0.05, 0.1) is 0 Å². The van der Waals surface area contributed by atoms with Crippen LogP contribution in [0.5, 0.6) is 11.5 Å². The minimum atomic E-state index is -3.08. The molecule has 0 aliphatic heterocycles. The zero-order chi connectivity index (χ0) is 16.8. The zero-order valence-corrected chi connectivity index (χ0v) is 12.2. The van der Waals surface area contributed by atoms with Gasteiger partial charge in [-0.1, -0.05) is 6.58 Å². The Labute approximate surface area is 126 Å². The predicted molar refractivity (Wildman–Crippen MR) is 74.0 cm³/mol. The van der Waals surface area contributed by atoms with E-state index in [0.717, 1.165) is 0 Å². The molecule has 1 rings (SSSR count). The number of alkyl halides is 2. The smallest absolute Gasteiger partial charge is 0.344 e. The molecule has 0 aliphatic carbocycles. The summed E-state index contributed by atoms with van der Waals surface area (Å²) in [6, 6.07) is 5.84. The lowest BCUT2D eigenvalue weighted by Crippen LogP contribution is -2.24. The van der Waals surface area contributed by atoms with E-state index in [1.54, 1.807) is 0 Å². The Morgan fingerprint density at radius 2 is 1.73 bits per heavy atom. The summed E-state index contributed by atoms with van der Waals surface area (Å²) in [7, 11) is 0. The molecule has 22 heavy (non-hydrogen) atoms. The third-order valence-corrected chi connectivity index (χ3v) is 2.23. The van der Waals surface area contributed by atoms with Crippen molar-refractivity contribution in [2.24, 2.45) is 0 Å². The summed E-state index contributed by atoms with van der Waals surface area (Å²) in [5.41, 5.74) is 0.260. The van der Waals surface area contributed by atoms with Crippen LogP contribution in [-0.2, 0) is 14.3 Å². The fourth-order valence-electron chi connectivity index (χ4n) is 1.19. The van der Waals surface area contributed by atoms with E-state index in [1.807, 2.05) is 0 Å². The van der Waals surface area contributed by atoms with E-state index in [9.17, 15) is 18.4 Å². The fourth-order valence-corrected chi connectivity index (χ4v) is 1.19. The van der Waals surface area contributed by atoms with Crippen molar-refractivity contribution < 1.29 is 32.6 Å². The van der Waals surface area contributed by atoms with Crippen LogP contribution in [0.3, 0.4) is 0 Å². The van der Waals surface area contributed by atoms with Crippen LogP contribution in [0, 0.1) is 0 Å². The van der Waals surface area contributed by atoms with Gasteiger partial charge in [-0.3, -0.25) is 0 Å². The van der Waals surface area contributed by atoms with Crippen LogP contribution in [0.15, 0.2) is 36.4 Å². The number of hydrogen-bond acceptors (Lipinski definition) is 5. The summed E-state index contributed by atoms with van der Waals surface area (Å²) in [6.45, 7) is 4.12. The molecule has 0 heterocycles. The summed E-state index contributed by atoms with van der Waals surface area (Å²) in [4.78, 5) is 22.5. The van der Waals surface area contributed by atoms with Crippen molar-refractivity contribution in [3.8, 4) is 11.5 Å². The van der Waals surface area contributed by atoms with Gasteiger partial charge in [-0.15, -0.1) is 0 Å². The van der Waals surface area contributed by atoms with Gasteiger partial charge in [-0.25, -0.2) is 18.4 Å². The fraction of sp³-hybridized carbons (Fsp3) is 0.333. The molecular formula is C15H16F2O5. The van der Waals surface area contributed by atoms with Crippen molar-refractivity contribution in [3.63, 3.8) is 0 Å². The first kappa shape index (κ1) is 17.6. The second-order valence-electron chi connectivity index (χ2n) is 4.66. The molecule has 0 aliphatic rings. The van der Waals surface area contributed by atoms with E-state index in [4.69, 9.17) is 9.47 Å². The van der Waals surface area contributed by atoms with Gasteiger partial charge < -0.3 is 14.2 Å². The topological polar surface area (TPSA) is 61.8 Å². The normalized spacial score (nSPS) is 10.7. The largest absolute Gasteiger partial charge is 0.482 e. The number of hydrogen-bond donors (Lipinski definition) is 0. The van der Waals surface area contributed by atoms with Crippen LogP contribution in [-0.4, -0.2) is 31.1 Å². The van der Waals surface area contributed by atoms with E-state index in [1.165, 1.54) is 31.2 Å². The molecule has 0 saturated heterocycles. The minimum absolute atomic E-state index is 0.260. The standard InChI is InChI=1S/C15H16F2O5/c1-10(2)14(19)22-12-6-4-11(5-7-12)20-8-13(18)21-9-15(3,16)17/h4-7H,1,8-9H2,2-3H3. The highest BCUT2D eigenvalue weighted by atomic mass is 19.3. The molecule has 1 aromatic rings. The third-order valence-electron chi connectivity index (χ3n) is 2.23. The summed E-state index contributed by atoms with van der Waals surface area (Å²) < 4.78 is 39.3.